The summed E-state index contributed by atoms with van der Waals surface area (Å²) in [5, 5.41) is 3.35. The van der Waals surface area contributed by atoms with Gasteiger partial charge in [-0.05, 0) is 49.9 Å². The molecule has 1 aliphatic rings. The highest BCUT2D eigenvalue weighted by Crippen LogP contribution is 2.29. The fraction of sp³-hybridized carbons (Fsp3) is 0.333. The van der Waals surface area contributed by atoms with Gasteiger partial charge in [-0.2, -0.15) is 0 Å². The molecule has 0 saturated carbocycles. The minimum absolute atomic E-state index is 0.190. The molecule has 0 unspecified atom stereocenters. The molecular formula is C18H19F2NO. The number of rotatable bonds is 4. The summed E-state index contributed by atoms with van der Waals surface area (Å²) in [6, 6.07) is 10.9. The quantitative estimate of drug-likeness (QED) is 0.909. The number of nitrogens with one attached hydrogen (secondary N) is 1. The molecule has 1 saturated heterocycles. The molecule has 2 aromatic carbocycles. The van der Waals surface area contributed by atoms with Crippen molar-refractivity contribution in [1.29, 1.82) is 0 Å². The lowest BCUT2D eigenvalue weighted by atomic mass is 9.90. The van der Waals surface area contributed by atoms with Crippen LogP contribution in [0.15, 0.2) is 42.5 Å². The van der Waals surface area contributed by atoms with Gasteiger partial charge in [-0.15, -0.1) is 0 Å². The van der Waals surface area contributed by atoms with Crippen LogP contribution in [0.25, 0.3) is 0 Å². The first-order chi connectivity index (χ1) is 10.7. The lowest BCUT2D eigenvalue weighted by molar-refractivity contribution is 0.367. The molecule has 0 spiro atoms. The highest BCUT2D eigenvalue weighted by molar-refractivity contribution is 5.38. The van der Waals surface area contributed by atoms with Gasteiger partial charge in [0.05, 0.1) is 0 Å². The van der Waals surface area contributed by atoms with E-state index < -0.39 is 11.6 Å². The van der Waals surface area contributed by atoms with E-state index in [1.807, 2.05) is 24.3 Å². The third-order valence-electron chi connectivity index (χ3n) is 4.00. The average Bonchev–Trinajstić information content (AvgIpc) is 2.49. The molecule has 0 amide bonds. The van der Waals surface area contributed by atoms with E-state index in [1.165, 1.54) is 12.1 Å². The summed E-state index contributed by atoms with van der Waals surface area (Å²) in [5.41, 5.74) is 1.08. The maximum absolute atomic E-state index is 13.3. The molecule has 116 valence electrons. The van der Waals surface area contributed by atoms with Gasteiger partial charge in [0.2, 0.25) is 0 Å². The summed E-state index contributed by atoms with van der Waals surface area (Å²) in [6.45, 7) is 2.09. The topological polar surface area (TPSA) is 21.3 Å². The summed E-state index contributed by atoms with van der Waals surface area (Å²) in [5.74, 6) is 0.216. The van der Waals surface area contributed by atoms with Gasteiger partial charge in [-0.25, -0.2) is 8.78 Å². The Morgan fingerprint density at radius 3 is 2.41 bits per heavy atom. The van der Waals surface area contributed by atoms with E-state index in [4.69, 9.17) is 4.74 Å². The molecule has 1 heterocycles. The van der Waals surface area contributed by atoms with Crippen LogP contribution in [0.4, 0.5) is 8.78 Å². The van der Waals surface area contributed by atoms with E-state index in [1.54, 1.807) is 0 Å². The van der Waals surface area contributed by atoms with Crippen LogP contribution in [0.5, 0.6) is 11.5 Å². The highest BCUT2D eigenvalue weighted by atomic mass is 19.1. The van der Waals surface area contributed by atoms with Gasteiger partial charge in [0, 0.05) is 18.2 Å². The fourth-order valence-corrected chi connectivity index (χ4v) is 2.88. The Hall–Kier alpha value is -1.94. The van der Waals surface area contributed by atoms with Crippen molar-refractivity contribution >= 4 is 0 Å². The molecule has 0 atom stereocenters. The smallest absolute Gasteiger partial charge is 0.133 e. The van der Waals surface area contributed by atoms with Gasteiger partial charge in [-0.3, -0.25) is 0 Å². The number of piperidine rings is 1. The van der Waals surface area contributed by atoms with E-state index in [9.17, 15) is 8.78 Å². The molecule has 0 aliphatic carbocycles. The number of hydrogen-bond acceptors (Lipinski definition) is 2. The second kappa shape index (κ2) is 6.88. The van der Waals surface area contributed by atoms with E-state index in [0.29, 0.717) is 11.7 Å². The monoisotopic (exact) mass is 303 g/mol. The van der Waals surface area contributed by atoms with Crippen molar-refractivity contribution in [1.82, 2.24) is 5.32 Å². The van der Waals surface area contributed by atoms with Crippen LogP contribution in [0.1, 0.15) is 18.4 Å². The minimum atomic E-state index is -0.633. The van der Waals surface area contributed by atoms with E-state index >= 15 is 0 Å². The minimum Gasteiger partial charge on any atom is -0.457 e. The van der Waals surface area contributed by atoms with Crippen molar-refractivity contribution < 1.29 is 13.5 Å². The van der Waals surface area contributed by atoms with Gasteiger partial charge >= 0.3 is 0 Å². The predicted molar refractivity (Wildman–Crippen MR) is 82.2 cm³/mol. The molecule has 0 aromatic heterocycles. The van der Waals surface area contributed by atoms with Gasteiger partial charge in [-0.1, -0.05) is 18.2 Å². The number of benzene rings is 2. The standard InChI is InChI=1S/C18H19F2NO/c19-15-10-16(20)12-17(11-15)22-18-4-2-1-3-14(18)9-13-5-7-21-8-6-13/h1-4,10-13,21H,5-9H2. The van der Waals surface area contributed by atoms with Crippen molar-refractivity contribution in [2.45, 2.75) is 19.3 Å². The molecule has 1 fully saturated rings. The van der Waals surface area contributed by atoms with Crippen molar-refractivity contribution in [2.24, 2.45) is 5.92 Å². The Kier molecular flexibility index (Phi) is 4.68. The molecule has 3 rings (SSSR count). The van der Waals surface area contributed by atoms with Crippen molar-refractivity contribution in [3.8, 4) is 11.5 Å². The summed E-state index contributed by atoms with van der Waals surface area (Å²) >= 11 is 0. The maximum Gasteiger partial charge on any atom is 0.133 e. The summed E-state index contributed by atoms with van der Waals surface area (Å²) in [7, 11) is 0. The number of halogens is 2. The highest BCUT2D eigenvalue weighted by Gasteiger charge is 2.16. The summed E-state index contributed by atoms with van der Waals surface area (Å²) in [6.07, 6.45) is 3.21. The Morgan fingerprint density at radius 2 is 1.68 bits per heavy atom. The van der Waals surface area contributed by atoms with Crippen LogP contribution < -0.4 is 10.1 Å². The molecule has 1 N–H and O–H groups in total. The van der Waals surface area contributed by atoms with E-state index in [-0.39, 0.29) is 5.75 Å². The normalized spacial score (nSPS) is 15.7. The number of ether oxygens (including phenoxy) is 1. The lowest BCUT2D eigenvalue weighted by Gasteiger charge is -2.23. The Labute approximate surface area is 129 Å². The zero-order chi connectivity index (χ0) is 15.4. The third kappa shape index (κ3) is 3.83. The van der Waals surface area contributed by atoms with Crippen LogP contribution in [-0.4, -0.2) is 13.1 Å². The lowest BCUT2D eigenvalue weighted by Crippen LogP contribution is -2.28. The molecule has 2 aromatic rings. The predicted octanol–water partition coefficient (Wildman–Crippen LogP) is 4.30. The van der Waals surface area contributed by atoms with E-state index in [0.717, 1.165) is 44.0 Å². The first kappa shape index (κ1) is 15.0. The molecule has 0 bridgehead atoms. The fourth-order valence-electron chi connectivity index (χ4n) is 2.88. The van der Waals surface area contributed by atoms with Crippen molar-refractivity contribution in [3.63, 3.8) is 0 Å². The second-order valence-corrected chi connectivity index (χ2v) is 5.71. The first-order valence-corrected chi connectivity index (χ1v) is 7.63. The van der Waals surface area contributed by atoms with Crippen molar-refractivity contribution in [2.75, 3.05) is 13.1 Å². The van der Waals surface area contributed by atoms with Crippen molar-refractivity contribution in [3.05, 3.63) is 59.7 Å². The molecule has 2 nitrogen and oxygen atoms in total. The summed E-state index contributed by atoms with van der Waals surface area (Å²) in [4.78, 5) is 0. The maximum atomic E-state index is 13.3. The van der Waals surface area contributed by atoms with Gasteiger partial charge in [0.25, 0.3) is 0 Å². The molecular weight excluding hydrogens is 284 g/mol. The van der Waals surface area contributed by atoms with Crippen LogP contribution in [0, 0.1) is 17.6 Å². The SMILES string of the molecule is Fc1cc(F)cc(Oc2ccccc2CC2CCNCC2)c1. The average molecular weight is 303 g/mol. The number of hydrogen-bond donors (Lipinski definition) is 1. The Balaban J connectivity index is 1.78. The van der Waals surface area contributed by atoms with Crippen LogP contribution in [-0.2, 0) is 6.42 Å². The van der Waals surface area contributed by atoms with Crippen LogP contribution >= 0.6 is 0 Å². The van der Waals surface area contributed by atoms with Gasteiger partial charge in [0.1, 0.15) is 23.1 Å². The van der Waals surface area contributed by atoms with Crippen LogP contribution in [0.3, 0.4) is 0 Å². The molecule has 4 heteroatoms. The van der Waals surface area contributed by atoms with Gasteiger partial charge in [0.15, 0.2) is 0 Å². The van der Waals surface area contributed by atoms with Crippen LogP contribution in [0.2, 0.25) is 0 Å². The summed E-state index contributed by atoms with van der Waals surface area (Å²) < 4.78 is 32.3. The Bertz CT molecular complexity index is 618. The largest absolute Gasteiger partial charge is 0.457 e. The first-order valence-electron chi connectivity index (χ1n) is 7.63. The van der Waals surface area contributed by atoms with Gasteiger partial charge < -0.3 is 10.1 Å². The zero-order valence-corrected chi connectivity index (χ0v) is 12.3. The zero-order valence-electron chi connectivity index (χ0n) is 12.3. The van der Waals surface area contributed by atoms with E-state index in [2.05, 4.69) is 5.32 Å². The molecule has 1 aliphatic heterocycles. The second-order valence-electron chi connectivity index (χ2n) is 5.71. The molecule has 22 heavy (non-hydrogen) atoms. The number of para-hydroxylation sites is 1. The Morgan fingerprint density at radius 1 is 1.00 bits per heavy atom. The molecule has 0 radical (unpaired) electrons. The third-order valence-corrected chi connectivity index (χ3v) is 4.00.